The zero-order valence-electron chi connectivity index (χ0n) is 7.49. The van der Waals surface area contributed by atoms with Gasteiger partial charge in [0.25, 0.3) is 0 Å². The Hall–Kier alpha value is -1.31. The third-order valence-electron chi connectivity index (χ3n) is 2.42. The van der Waals surface area contributed by atoms with E-state index < -0.39 is 0 Å². The molecule has 1 saturated heterocycles. The largest absolute Gasteiger partial charge is 0.353 e. The maximum absolute atomic E-state index is 10.6. The fourth-order valence-electron chi connectivity index (χ4n) is 1.59. The van der Waals surface area contributed by atoms with E-state index >= 15 is 0 Å². The quantitative estimate of drug-likeness (QED) is 0.693. The first-order chi connectivity index (χ1) is 6.34. The van der Waals surface area contributed by atoms with Crippen LogP contribution in [0.25, 0.3) is 0 Å². The number of aryl methyl sites for hydroxylation is 1. The van der Waals surface area contributed by atoms with Gasteiger partial charge in [-0.3, -0.25) is 4.79 Å². The summed E-state index contributed by atoms with van der Waals surface area (Å²) in [5, 5.41) is 2.87. The van der Waals surface area contributed by atoms with Crippen LogP contribution in [0.1, 0.15) is 18.4 Å². The minimum atomic E-state index is 0.193. The van der Waals surface area contributed by atoms with Crippen LogP contribution in [-0.2, 0) is 11.2 Å². The number of nitrogens with one attached hydrogen (secondary N) is 1. The molecular formula is C11H13NO. The van der Waals surface area contributed by atoms with Crippen molar-refractivity contribution < 1.29 is 4.79 Å². The molecule has 1 amide bonds. The van der Waals surface area contributed by atoms with E-state index in [4.69, 9.17) is 0 Å². The van der Waals surface area contributed by atoms with Crippen molar-refractivity contribution in [3.05, 3.63) is 35.9 Å². The summed E-state index contributed by atoms with van der Waals surface area (Å²) < 4.78 is 0. The fraction of sp³-hybridized carbons (Fsp3) is 0.364. The van der Waals surface area contributed by atoms with Crippen LogP contribution in [-0.4, -0.2) is 11.9 Å². The highest BCUT2D eigenvalue weighted by molar-refractivity contribution is 5.82. The van der Waals surface area contributed by atoms with Crippen molar-refractivity contribution in [3.8, 4) is 0 Å². The molecule has 13 heavy (non-hydrogen) atoms. The van der Waals surface area contributed by atoms with Crippen LogP contribution in [0, 0.1) is 0 Å². The van der Waals surface area contributed by atoms with Gasteiger partial charge in [-0.15, -0.1) is 0 Å². The first-order valence-corrected chi connectivity index (χ1v) is 4.68. The minimum absolute atomic E-state index is 0.193. The molecule has 0 saturated carbocycles. The Kier molecular flexibility index (Phi) is 2.30. The molecule has 1 aliphatic heterocycles. The number of benzene rings is 1. The zero-order chi connectivity index (χ0) is 9.10. The zero-order valence-corrected chi connectivity index (χ0v) is 7.49. The second-order valence-corrected chi connectivity index (χ2v) is 3.49. The lowest BCUT2D eigenvalue weighted by atomic mass is 9.98. The molecule has 2 nitrogen and oxygen atoms in total. The molecule has 0 aromatic heterocycles. The molecule has 1 fully saturated rings. The van der Waals surface area contributed by atoms with E-state index in [0.717, 1.165) is 12.8 Å². The molecule has 1 aromatic rings. The summed E-state index contributed by atoms with van der Waals surface area (Å²) in [5.74, 6) is 0.193. The molecule has 1 heterocycles. The van der Waals surface area contributed by atoms with Gasteiger partial charge in [0, 0.05) is 12.5 Å². The van der Waals surface area contributed by atoms with Crippen LogP contribution < -0.4 is 5.32 Å². The minimum Gasteiger partial charge on any atom is -0.353 e. The molecule has 0 aliphatic carbocycles. The van der Waals surface area contributed by atoms with Crippen molar-refractivity contribution in [1.82, 2.24) is 5.32 Å². The Labute approximate surface area is 78.0 Å². The number of amides is 1. The summed E-state index contributed by atoms with van der Waals surface area (Å²) in [5.41, 5.74) is 1.35. The highest BCUT2D eigenvalue weighted by atomic mass is 16.2. The molecule has 0 bridgehead atoms. The average Bonchev–Trinajstić information content (AvgIpc) is 2.12. The van der Waals surface area contributed by atoms with Crippen LogP contribution >= 0.6 is 0 Å². The number of carbonyl (C=O) groups excluding carboxylic acids is 1. The van der Waals surface area contributed by atoms with Gasteiger partial charge < -0.3 is 5.32 Å². The van der Waals surface area contributed by atoms with E-state index in [2.05, 4.69) is 29.6 Å². The molecule has 0 radical (unpaired) electrons. The van der Waals surface area contributed by atoms with Gasteiger partial charge in [0.2, 0.25) is 5.91 Å². The second-order valence-electron chi connectivity index (χ2n) is 3.49. The first kappa shape index (κ1) is 8.30. The lowest BCUT2D eigenvalue weighted by Gasteiger charge is -2.26. The number of β-lactam (4-membered cyclic amide) rings is 1. The summed E-state index contributed by atoms with van der Waals surface area (Å²) in [6.07, 6.45) is 2.84. The summed E-state index contributed by atoms with van der Waals surface area (Å²) in [6.45, 7) is 0. The maximum atomic E-state index is 10.6. The van der Waals surface area contributed by atoms with Crippen LogP contribution in [0.15, 0.2) is 30.3 Å². The van der Waals surface area contributed by atoms with Gasteiger partial charge in [-0.25, -0.2) is 0 Å². The predicted molar refractivity (Wildman–Crippen MR) is 51.3 cm³/mol. The standard InChI is InChI=1S/C11H13NO/c13-11-8-10(12-11)7-6-9-4-2-1-3-5-9/h1-5,10H,6-8H2,(H,12,13)/t10-/m0/s1. The monoisotopic (exact) mass is 175 g/mol. The van der Waals surface area contributed by atoms with Gasteiger partial charge in [0.1, 0.15) is 0 Å². The normalized spacial score (nSPS) is 20.6. The topological polar surface area (TPSA) is 29.1 Å². The summed E-state index contributed by atoms with van der Waals surface area (Å²) in [6, 6.07) is 10.8. The Morgan fingerprint density at radius 2 is 2.00 bits per heavy atom. The van der Waals surface area contributed by atoms with Gasteiger partial charge in [-0.1, -0.05) is 30.3 Å². The molecular weight excluding hydrogens is 162 g/mol. The highest BCUT2D eigenvalue weighted by Gasteiger charge is 2.24. The van der Waals surface area contributed by atoms with Crippen LogP contribution in [0.4, 0.5) is 0 Å². The molecule has 1 aromatic carbocycles. The number of hydrogen-bond acceptors (Lipinski definition) is 1. The lowest BCUT2D eigenvalue weighted by molar-refractivity contribution is -0.128. The third kappa shape index (κ3) is 2.08. The molecule has 1 atom stereocenters. The van der Waals surface area contributed by atoms with Crippen molar-refractivity contribution in [3.63, 3.8) is 0 Å². The van der Waals surface area contributed by atoms with E-state index in [0.29, 0.717) is 12.5 Å². The van der Waals surface area contributed by atoms with Crippen molar-refractivity contribution in [2.24, 2.45) is 0 Å². The van der Waals surface area contributed by atoms with Crippen LogP contribution in [0.2, 0.25) is 0 Å². The lowest BCUT2D eigenvalue weighted by Crippen LogP contribution is -2.48. The van der Waals surface area contributed by atoms with Gasteiger partial charge in [0.15, 0.2) is 0 Å². The van der Waals surface area contributed by atoms with Gasteiger partial charge in [-0.05, 0) is 18.4 Å². The number of carbonyl (C=O) groups is 1. The molecule has 2 heteroatoms. The second kappa shape index (κ2) is 3.60. The maximum Gasteiger partial charge on any atom is 0.222 e. The Balaban J connectivity index is 1.77. The fourth-order valence-corrected chi connectivity index (χ4v) is 1.59. The van der Waals surface area contributed by atoms with Gasteiger partial charge >= 0.3 is 0 Å². The van der Waals surface area contributed by atoms with E-state index in [1.165, 1.54) is 5.56 Å². The predicted octanol–water partition coefficient (Wildman–Crippen LogP) is 1.51. The van der Waals surface area contributed by atoms with Crippen molar-refractivity contribution >= 4 is 5.91 Å². The third-order valence-corrected chi connectivity index (χ3v) is 2.42. The Bertz CT molecular complexity index is 286. The summed E-state index contributed by atoms with van der Waals surface area (Å²) in [4.78, 5) is 10.6. The molecule has 68 valence electrons. The molecule has 1 N–H and O–H groups in total. The molecule has 0 unspecified atom stereocenters. The van der Waals surface area contributed by atoms with E-state index in [9.17, 15) is 4.79 Å². The number of hydrogen-bond donors (Lipinski definition) is 1. The van der Waals surface area contributed by atoms with Gasteiger partial charge in [0.05, 0.1) is 0 Å². The Morgan fingerprint density at radius 3 is 2.62 bits per heavy atom. The molecule has 1 aliphatic rings. The van der Waals surface area contributed by atoms with Crippen LogP contribution in [0.3, 0.4) is 0 Å². The number of rotatable bonds is 3. The van der Waals surface area contributed by atoms with E-state index in [1.807, 2.05) is 6.07 Å². The first-order valence-electron chi connectivity index (χ1n) is 4.68. The summed E-state index contributed by atoms with van der Waals surface area (Å²) in [7, 11) is 0. The highest BCUT2D eigenvalue weighted by Crippen LogP contribution is 2.12. The molecule has 0 spiro atoms. The molecule has 2 rings (SSSR count). The summed E-state index contributed by atoms with van der Waals surface area (Å²) >= 11 is 0. The SMILES string of the molecule is O=C1C[C@H](CCc2ccccc2)N1. The van der Waals surface area contributed by atoms with Gasteiger partial charge in [-0.2, -0.15) is 0 Å². The van der Waals surface area contributed by atoms with E-state index in [1.54, 1.807) is 0 Å². The van der Waals surface area contributed by atoms with Crippen LogP contribution in [0.5, 0.6) is 0 Å². The van der Waals surface area contributed by atoms with E-state index in [-0.39, 0.29) is 5.91 Å². The Morgan fingerprint density at radius 1 is 1.31 bits per heavy atom. The smallest absolute Gasteiger partial charge is 0.222 e. The van der Waals surface area contributed by atoms with Crippen molar-refractivity contribution in [2.45, 2.75) is 25.3 Å². The van der Waals surface area contributed by atoms with Crippen molar-refractivity contribution in [2.75, 3.05) is 0 Å². The van der Waals surface area contributed by atoms with Crippen molar-refractivity contribution in [1.29, 1.82) is 0 Å². The average molecular weight is 175 g/mol.